The lowest BCUT2D eigenvalue weighted by molar-refractivity contribution is 0.199. The van der Waals surface area contributed by atoms with Gasteiger partial charge in [-0.05, 0) is 39.3 Å². The first-order valence-corrected chi connectivity index (χ1v) is 8.52. The van der Waals surface area contributed by atoms with Crippen molar-refractivity contribution in [3.63, 3.8) is 0 Å². The highest BCUT2D eigenvalue weighted by atomic mass is 19.1. The van der Waals surface area contributed by atoms with Crippen LogP contribution in [0.2, 0.25) is 0 Å². The molecule has 1 aliphatic heterocycles. The fourth-order valence-electron chi connectivity index (χ4n) is 2.92. The second-order valence-corrected chi connectivity index (χ2v) is 6.54. The van der Waals surface area contributed by atoms with E-state index in [1.807, 2.05) is 50.9 Å². The molecule has 0 bridgehead atoms. The highest BCUT2D eigenvalue weighted by Crippen LogP contribution is 2.35. The van der Waals surface area contributed by atoms with E-state index >= 15 is 0 Å². The van der Waals surface area contributed by atoms with Crippen molar-refractivity contribution in [3.8, 4) is 0 Å². The number of aromatic nitrogens is 2. The minimum Gasteiger partial charge on any atom is -0.487 e. The highest BCUT2D eigenvalue weighted by molar-refractivity contribution is 5.67. The molecule has 3 heterocycles. The van der Waals surface area contributed by atoms with Crippen LogP contribution in [0.15, 0.2) is 59.9 Å². The summed E-state index contributed by atoms with van der Waals surface area (Å²) in [6.45, 7) is 11.9. The van der Waals surface area contributed by atoms with Crippen molar-refractivity contribution in [2.75, 3.05) is 4.90 Å². The van der Waals surface area contributed by atoms with Crippen LogP contribution in [0.25, 0.3) is 0 Å². The minimum atomic E-state index is -0.729. The van der Waals surface area contributed by atoms with Crippen molar-refractivity contribution in [1.82, 2.24) is 9.97 Å². The Labute approximate surface area is 157 Å². The molecular formula is C21H21F2N3O. The highest BCUT2D eigenvalue weighted by Gasteiger charge is 2.23. The Morgan fingerprint density at radius 3 is 2.52 bits per heavy atom. The zero-order valence-corrected chi connectivity index (χ0v) is 15.8. The van der Waals surface area contributed by atoms with Crippen molar-refractivity contribution >= 4 is 5.69 Å². The number of anilines is 1. The Kier molecular flexibility index (Phi) is 5.08. The number of hydrogen-bond acceptors (Lipinski definition) is 4. The summed E-state index contributed by atoms with van der Waals surface area (Å²) in [5.74, 6) is -0.858. The third kappa shape index (κ3) is 3.74. The first-order valence-electron chi connectivity index (χ1n) is 8.52. The van der Waals surface area contributed by atoms with Crippen molar-refractivity contribution in [2.24, 2.45) is 0 Å². The Hall–Kier alpha value is -3.02. The van der Waals surface area contributed by atoms with E-state index in [-0.39, 0.29) is 12.3 Å². The summed E-state index contributed by atoms with van der Waals surface area (Å²) >= 11 is 0. The van der Waals surface area contributed by atoms with Crippen LogP contribution >= 0.6 is 0 Å². The van der Waals surface area contributed by atoms with E-state index in [1.165, 1.54) is 0 Å². The van der Waals surface area contributed by atoms with Crippen LogP contribution in [0.1, 0.15) is 30.8 Å². The molecule has 0 amide bonds. The van der Waals surface area contributed by atoms with Gasteiger partial charge in [-0.1, -0.05) is 6.58 Å². The lowest BCUT2D eigenvalue weighted by Gasteiger charge is -2.33. The number of halogens is 2. The molecule has 0 atom stereocenters. The molecule has 0 N–H and O–H groups in total. The van der Waals surface area contributed by atoms with Crippen molar-refractivity contribution in [1.29, 1.82) is 0 Å². The van der Waals surface area contributed by atoms with Crippen LogP contribution < -0.4 is 4.90 Å². The molecule has 0 fully saturated rings. The van der Waals surface area contributed by atoms with E-state index in [0.29, 0.717) is 5.76 Å². The van der Waals surface area contributed by atoms with Gasteiger partial charge in [0.05, 0.1) is 11.9 Å². The maximum absolute atomic E-state index is 13.8. The number of ether oxygens (including phenoxy) is 1. The van der Waals surface area contributed by atoms with Gasteiger partial charge in [-0.3, -0.25) is 9.97 Å². The molecule has 0 unspecified atom stereocenters. The van der Waals surface area contributed by atoms with Crippen molar-refractivity contribution in [2.45, 2.75) is 34.3 Å². The zero-order chi connectivity index (χ0) is 19.7. The average molecular weight is 369 g/mol. The summed E-state index contributed by atoms with van der Waals surface area (Å²) in [5, 5.41) is 0. The summed E-state index contributed by atoms with van der Waals surface area (Å²) in [6, 6.07) is 2.80. The van der Waals surface area contributed by atoms with Crippen LogP contribution in [0.5, 0.6) is 0 Å². The minimum absolute atomic E-state index is 0.0522. The Balaban J connectivity index is 1.86. The summed E-state index contributed by atoms with van der Waals surface area (Å²) < 4.78 is 32.5. The number of pyridine rings is 2. The van der Waals surface area contributed by atoms with Gasteiger partial charge >= 0.3 is 0 Å². The first kappa shape index (κ1) is 18.8. The summed E-state index contributed by atoms with van der Waals surface area (Å²) in [6.07, 6.45) is 4.68. The van der Waals surface area contributed by atoms with Gasteiger partial charge in [0.15, 0.2) is 5.82 Å². The quantitative estimate of drug-likeness (QED) is 0.752. The molecule has 3 rings (SSSR count). The number of nitrogens with zero attached hydrogens (tertiary/aromatic N) is 3. The smallest absolute Gasteiger partial charge is 0.151 e. The summed E-state index contributed by atoms with van der Waals surface area (Å²) in [5.41, 5.74) is 5.52. The Bertz CT molecular complexity index is 977. The van der Waals surface area contributed by atoms with Crippen LogP contribution in [0.4, 0.5) is 14.5 Å². The normalized spacial score (nSPS) is 14.5. The predicted octanol–water partition coefficient (Wildman–Crippen LogP) is 5.10. The topological polar surface area (TPSA) is 38.2 Å². The second-order valence-electron chi connectivity index (χ2n) is 6.54. The zero-order valence-electron chi connectivity index (χ0n) is 15.8. The third-order valence-corrected chi connectivity index (χ3v) is 4.47. The Morgan fingerprint density at radius 2 is 1.81 bits per heavy atom. The molecule has 0 aliphatic carbocycles. The number of aryl methyl sites for hydroxylation is 2. The standard InChI is InChI=1S/C21H21F2N3O/c1-12-9-24-13(2)6-20(12)26-14(3)7-21(15(4)16(26)5)27-11-19-18(23)8-17(22)10-25-19/h6-10H,5,11H2,1-4H3. The van der Waals surface area contributed by atoms with Crippen LogP contribution in [-0.4, -0.2) is 9.97 Å². The molecule has 2 aromatic heterocycles. The SMILES string of the molecule is C=C1C(C)=C(OCc2ncc(F)cc2F)C=C(C)N1c1cc(C)ncc1C. The van der Waals surface area contributed by atoms with E-state index in [4.69, 9.17) is 4.74 Å². The first-order chi connectivity index (χ1) is 12.8. The molecule has 2 aromatic rings. The average Bonchev–Trinajstić information content (AvgIpc) is 2.61. The summed E-state index contributed by atoms with van der Waals surface area (Å²) in [7, 11) is 0. The second kappa shape index (κ2) is 7.31. The van der Waals surface area contributed by atoms with Crippen molar-refractivity contribution < 1.29 is 13.5 Å². The lowest BCUT2D eigenvalue weighted by Crippen LogP contribution is -2.25. The van der Waals surface area contributed by atoms with Crippen molar-refractivity contribution in [3.05, 3.63) is 88.5 Å². The largest absolute Gasteiger partial charge is 0.487 e. The van der Waals surface area contributed by atoms with Gasteiger partial charge in [0.25, 0.3) is 0 Å². The molecule has 0 saturated carbocycles. The molecule has 0 spiro atoms. The van der Waals surface area contributed by atoms with E-state index in [2.05, 4.69) is 16.5 Å². The van der Waals surface area contributed by atoms with Gasteiger partial charge in [-0.2, -0.15) is 0 Å². The van der Waals surface area contributed by atoms with Gasteiger partial charge in [0, 0.05) is 41.0 Å². The number of rotatable bonds is 4. The molecule has 0 radical (unpaired) electrons. The molecule has 27 heavy (non-hydrogen) atoms. The third-order valence-electron chi connectivity index (χ3n) is 4.47. The fourth-order valence-corrected chi connectivity index (χ4v) is 2.92. The maximum atomic E-state index is 13.8. The maximum Gasteiger partial charge on any atom is 0.151 e. The van der Waals surface area contributed by atoms with E-state index in [1.54, 1.807) is 0 Å². The molecule has 0 aromatic carbocycles. The fraction of sp³-hybridized carbons (Fsp3) is 0.238. The molecule has 140 valence electrons. The van der Waals surface area contributed by atoms with Crippen LogP contribution in [0, 0.1) is 25.5 Å². The van der Waals surface area contributed by atoms with Gasteiger partial charge < -0.3 is 9.64 Å². The monoisotopic (exact) mass is 369 g/mol. The molecule has 0 saturated heterocycles. The van der Waals surface area contributed by atoms with E-state index in [9.17, 15) is 8.78 Å². The molecule has 1 aliphatic rings. The predicted molar refractivity (Wildman–Crippen MR) is 101 cm³/mol. The van der Waals surface area contributed by atoms with Crippen LogP contribution in [-0.2, 0) is 11.3 Å². The number of hydrogen-bond donors (Lipinski definition) is 0. The number of allylic oxidation sites excluding steroid dienone is 3. The van der Waals surface area contributed by atoms with Crippen LogP contribution in [0.3, 0.4) is 0 Å². The molecule has 6 heteroatoms. The van der Waals surface area contributed by atoms with E-state index < -0.39 is 11.6 Å². The lowest BCUT2D eigenvalue weighted by atomic mass is 10.0. The Morgan fingerprint density at radius 1 is 1.07 bits per heavy atom. The van der Waals surface area contributed by atoms with Gasteiger partial charge in [-0.25, -0.2) is 8.78 Å². The molecule has 4 nitrogen and oxygen atoms in total. The van der Waals surface area contributed by atoms with Gasteiger partial charge in [0.2, 0.25) is 0 Å². The van der Waals surface area contributed by atoms with Gasteiger partial charge in [0.1, 0.15) is 23.9 Å². The van der Waals surface area contributed by atoms with Gasteiger partial charge in [-0.15, -0.1) is 0 Å². The summed E-state index contributed by atoms with van der Waals surface area (Å²) in [4.78, 5) is 10.1. The molecular weight excluding hydrogens is 348 g/mol. The van der Waals surface area contributed by atoms with E-state index in [0.717, 1.165) is 46.2 Å².